The molecule has 1 aliphatic carbocycles. The highest BCUT2D eigenvalue weighted by molar-refractivity contribution is 5.74. The van der Waals surface area contributed by atoms with Crippen LogP contribution in [0.5, 0.6) is 0 Å². The molecule has 2 unspecified atom stereocenters. The van der Waals surface area contributed by atoms with Crippen molar-refractivity contribution in [2.45, 2.75) is 37.7 Å². The van der Waals surface area contributed by atoms with Crippen LogP contribution in [0.3, 0.4) is 0 Å². The van der Waals surface area contributed by atoms with Gasteiger partial charge in [-0.15, -0.1) is 0 Å². The third-order valence-corrected chi connectivity index (χ3v) is 4.00. The van der Waals surface area contributed by atoms with Crippen LogP contribution in [0.4, 0.5) is 0 Å². The van der Waals surface area contributed by atoms with Gasteiger partial charge in [0.25, 0.3) is 0 Å². The van der Waals surface area contributed by atoms with Gasteiger partial charge in [0.2, 0.25) is 11.7 Å². The molecule has 1 saturated carbocycles. The molecule has 7 heteroatoms. The zero-order valence-electron chi connectivity index (χ0n) is 11.4. The summed E-state index contributed by atoms with van der Waals surface area (Å²) in [5.41, 5.74) is -0.553. The lowest BCUT2D eigenvalue weighted by Crippen LogP contribution is -2.37. The molecule has 110 valence electrons. The largest absolute Gasteiger partial charge is 0.481 e. The Bertz CT molecular complexity index is 489. The molecule has 1 aliphatic heterocycles. The van der Waals surface area contributed by atoms with Crippen LogP contribution < -0.4 is 0 Å². The third kappa shape index (κ3) is 2.31. The van der Waals surface area contributed by atoms with Gasteiger partial charge >= 0.3 is 5.97 Å². The van der Waals surface area contributed by atoms with Crippen molar-refractivity contribution < 1.29 is 23.9 Å². The molecule has 0 amide bonds. The summed E-state index contributed by atoms with van der Waals surface area (Å²) in [6, 6.07) is 0. The van der Waals surface area contributed by atoms with E-state index >= 15 is 0 Å². The summed E-state index contributed by atoms with van der Waals surface area (Å²) in [6.07, 6.45) is 1.95. The van der Waals surface area contributed by atoms with Crippen molar-refractivity contribution >= 4 is 5.97 Å². The van der Waals surface area contributed by atoms with Crippen LogP contribution in [0.1, 0.15) is 43.8 Å². The number of hydrogen-bond donors (Lipinski definition) is 1. The SMILES string of the molecule is CCOC1(c2noc(C3CC3C(=O)O)n2)CCOCC1. The Labute approximate surface area is 116 Å². The number of carbonyl (C=O) groups is 1. The van der Waals surface area contributed by atoms with E-state index in [0.29, 0.717) is 50.8 Å². The first-order chi connectivity index (χ1) is 9.66. The fraction of sp³-hybridized carbons (Fsp3) is 0.769. The second-order valence-electron chi connectivity index (χ2n) is 5.28. The molecule has 2 fully saturated rings. The maximum absolute atomic E-state index is 10.9. The molecule has 0 bridgehead atoms. The van der Waals surface area contributed by atoms with Crippen LogP contribution in [0, 0.1) is 5.92 Å². The van der Waals surface area contributed by atoms with Crippen LogP contribution in [-0.2, 0) is 19.9 Å². The van der Waals surface area contributed by atoms with E-state index in [1.807, 2.05) is 6.92 Å². The summed E-state index contributed by atoms with van der Waals surface area (Å²) < 4.78 is 16.5. The molecule has 2 atom stereocenters. The Kier molecular flexibility index (Phi) is 3.47. The minimum Gasteiger partial charge on any atom is -0.481 e. The number of ether oxygens (including phenoxy) is 2. The van der Waals surface area contributed by atoms with Crippen molar-refractivity contribution in [2.24, 2.45) is 5.92 Å². The number of rotatable bonds is 5. The van der Waals surface area contributed by atoms with Gasteiger partial charge in [-0.1, -0.05) is 5.16 Å². The van der Waals surface area contributed by atoms with E-state index in [0.717, 1.165) is 0 Å². The van der Waals surface area contributed by atoms with E-state index in [-0.39, 0.29) is 11.8 Å². The minimum absolute atomic E-state index is 0.146. The summed E-state index contributed by atoms with van der Waals surface area (Å²) in [7, 11) is 0. The van der Waals surface area contributed by atoms with Gasteiger partial charge < -0.3 is 19.1 Å². The summed E-state index contributed by atoms with van der Waals surface area (Å²) in [5, 5.41) is 13.0. The predicted molar refractivity (Wildman–Crippen MR) is 66.1 cm³/mol. The monoisotopic (exact) mass is 282 g/mol. The van der Waals surface area contributed by atoms with Gasteiger partial charge in [-0.05, 0) is 13.3 Å². The number of hydrogen-bond acceptors (Lipinski definition) is 6. The Morgan fingerprint density at radius 3 is 2.85 bits per heavy atom. The van der Waals surface area contributed by atoms with E-state index in [4.69, 9.17) is 19.1 Å². The van der Waals surface area contributed by atoms with Gasteiger partial charge in [-0.2, -0.15) is 4.98 Å². The van der Waals surface area contributed by atoms with Crippen molar-refractivity contribution in [3.63, 3.8) is 0 Å². The average Bonchev–Trinajstić information content (AvgIpc) is 3.10. The van der Waals surface area contributed by atoms with E-state index in [1.54, 1.807) is 0 Å². The number of aliphatic carboxylic acids is 1. The average molecular weight is 282 g/mol. The van der Waals surface area contributed by atoms with E-state index in [2.05, 4.69) is 10.1 Å². The number of carboxylic acid groups (broad SMARTS) is 1. The van der Waals surface area contributed by atoms with Crippen molar-refractivity contribution in [2.75, 3.05) is 19.8 Å². The van der Waals surface area contributed by atoms with E-state index < -0.39 is 11.6 Å². The normalized spacial score (nSPS) is 28.2. The van der Waals surface area contributed by atoms with Crippen molar-refractivity contribution in [1.29, 1.82) is 0 Å². The molecule has 2 heterocycles. The van der Waals surface area contributed by atoms with E-state index in [1.165, 1.54) is 0 Å². The van der Waals surface area contributed by atoms with Crippen molar-refractivity contribution in [3.8, 4) is 0 Å². The Hall–Kier alpha value is -1.47. The summed E-state index contributed by atoms with van der Waals surface area (Å²) in [5.74, 6) is -0.403. The van der Waals surface area contributed by atoms with E-state index in [9.17, 15) is 4.79 Å². The zero-order valence-corrected chi connectivity index (χ0v) is 11.4. The molecule has 20 heavy (non-hydrogen) atoms. The highest BCUT2D eigenvalue weighted by Crippen LogP contribution is 2.47. The topological polar surface area (TPSA) is 94.7 Å². The van der Waals surface area contributed by atoms with Crippen LogP contribution in [0.25, 0.3) is 0 Å². The molecule has 1 aromatic rings. The maximum Gasteiger partial charge on any atom is 0.307 e. The Morgan fingerprint density at radius 1 is 1.50 bits per heavy atom. The molecule has 1 N–H and O–H groups in total. The second kappa shape index (κ2) is 5.14. The van der Waals surface area contributed by atoms with Gasteiger partial charge in [0.15, 0.2) is 0 Å². The highest BCUT2D eigenvalue weighted by Gasteiger charge is 2.49. The smallest absolute Gasteiger partial charge is 0.307 e. The highest BCUT2D eigenvalue weighted by atomic mass is 16.5. The number of aromatic nitrogens is 2. The molecule has 0 radical (unpaired) electrons. The van der Waals surface area contributed by atoms with Gasteiger partial charge in [0.1, 0.15) is 5.60 Å². The van der Waals surface area contributed by atoms with Gasteiger partial charge in [-0.3, -0.25) is 4.79 Å². The number of carboxylic acids is 1. The minimum atomic E-state index is -0.805. The first-order valence-electron chi connectivity index (χ1n) is 6.95. The number of nitrogens with zero attached hydrogens (tertiary/aromatic N) is 2. The predicted octanol–water partition coefficient (Wildman–Crippen LogP) is 1.30. The Morgan fingerprint density at radius 2 is 2.25 bits per heavy atom. The van der Waals surface area contributed by atoms with Crippen molar-refractivity contribution in [3.05, 3.63) is 11.7 Å². The summed E-state index contributed by atoms with van der Waals surface area (Å²) >= 11 is 0. The van der Waals surface area contributed by atoms with Gasteiger partial charge in [0.05, 0.1) is 11.8 Å². The lowest BCUT2D eigenvalue weighted by molar-refractivity contribution is -0.138. The molecule has 0 spiro atoms. The van der Waals surface area contributed by atoms with Crippen LogP contribution >= 0.6 is 0 Å². The molecular weight excluding hydrogens is 264 g/mol. The molecule has 2 aliphatic rings. The van der Waals surface area contributed by atoms with Gasteiger partial charge in [-0.25, -0.2) is 0 Å². The summed E-state index contributed by atoms with van der Waals surface area (Å²) in [4.78, 5) is 15.3. The summed E-state index contributed by atoms with van der Waals surface area (Å²) in [6.45, 7) is 3.70. The fourth-order valence-electron chi connectivity index (χ4n) is 2.72. The van der Waals surface area contributed by atoms with Crippen LogP contribution in [0.2, 0.25) is 0 Å². The molecule has 1 saturated heterocycles. The lowest BCUT2D eigenvalue weighted by Gasteiger charge is -2.33. The molecule has 3 rings (SSSR count). The Balaban J connectivity index is 1.79. The molecule has 0 aromatic carbocycles. The first-order valence-corrected chi connectivity index (χ1v) is 6.95. The standard InChI is InChI=1S/C13H18N2O5/c1-2-19-13(3-5-18-6-4-13)12-14-10(20-15-12)8-7-9(8)11(16)17/h8-9H,2-7H2,1H3,(H,16,17). The fourth-order valence-corrected chi connectivity index (χ4v) is 2.72. The quantitative estimate of drug-likeness (QED) is 0.869. The second-order valence-corrected chi connectivity index (χ2v) is 5.28. The maximum atomic E-state index is 10.9. The van der Waals surface area contributed by atoms with Gasteiger partial charge in [0, 0.05) is 32.7 Å². The van der Waals surface area contributed by atoms with Crippen LogP contribution in [0.15, 0.2) is 4.52 Å². The van der Waals surface area contributed by atoms with Crippen LogP contribution in [-0.4, -0.2) is 41.0 Å². The molecular formula is C13H18N2O5. The first kappa shape index (κ1) is 13.5. The third-order valence-electron chi connectivity index (χ3n) is 4.00. The zero-order chi connectivity index (χ0) is 14.2. The lowest BCUT2D eigenvalue weighted by atomic mass is 9.93. The molecule has 1 aromatic heterocycles. The van der Waals surface area contributed by atoms with Crippen molar-refractivity contribution in [1.82, 2.24) is 10.1 Å². The molecule has 7 nitrogen and oxygen atoms in total.